The van der Waals surface area contributed by atoms with Gasteiger partial charge in [0.15, 0.2) is 16.3 Å². The summed E-state index contributed by atoms with van der Waals surface area (Å²) >= 11 is 7.73. The summed E-state index contributed by atoms with van der Waals surface area (Å²) in [6.45, 7) is 3.79. The molecular weight excluding hydrogens is 540 g/mol. The monoisotopic (exact) mass is 562 g/mol. The molecule has 0 N–H and O–H groups in total. The van der Waals surface area contributed by atoms with Crippen LogP contribution in [0.15, 0.2) is 69.6 Å². The zero-order chi connectivity index (χ0) is 27.3. The minimum absolute atomic E-state index is 0.111. The van der Waals surface area contributed by atoms with E-state index >= 15 is 0 Å². The van der Waals surface area contributed by atoms with Crippen LogP contribution in [0, 0.1) is 0 Å². The topological polar surface area (TPSA) is 88.4 Å². The Labute approximate surface area is 232 Å². The molecule has 0 aliphatic carbocycles. The van der Waals surface area contributed by atoms with Crippen LogP contribution in [0.1, 0.15) is 31.0 Å². The van der Waals surface area contributed by atoms with Gasteiger partial charge in [0.2, 0.25) is 6.79 Å². The number of hydrogen-bond acceptors (Lipinski definition) is 8. The van der Waals surface area contributed by atoms with Gasteiger partial charge in [-0.25, -0.2) is 9.79 Å². The Morgan fingerprint density at radius 1 is 1.21 bits per heavy atom. The van der Waals surface area contributed by atoms with E-state index < -0.39 is 12.0 Å². The van der Waals surface area contributed by atoms with Crippen molar-refractivity contribution < 1.29 is 23.7 Å². The van der Waals surface area contributed by atoms with Crippen molar-refractivity contribution in [1.29, 1.82) is 0 Å². The summed E-state index contributed by atoms with van der Waals surface area (Å²) in [5.74, 6) is 1.11. The van der Waals surface area contributed by atoms with Gasteiger partial charge < -0.3 is 18.9 Å². The van der Waals surface area contributed by atoms with E-state index in [1.54, 1.807) is 43.7 Å². The number of ether oxygens (including phenoxy) is 4. The van der Waals surface area contributed by atoms with Crippen molar-refractivity contribution in [3.8, 4) is 17.2 Å². The molecule has 0 amide bonds. The predicted octanol–water partition coefficient (Wildman–Crippen LogP) is 4.34. The highest BCUT2D eigenvalue weighted by molar-refractivity contribution is 7.07. The van der Waals surface area contributed by atoms with Gasteiger partial charge in [-0.15, -0.1) is 0 Å². The minimum Gasteiger partial charge on any atom is -0.496 e. The molecule has 6 rings (SSSR count). The van der Waals surface area contributed by atoms with Crippen molar-refractivity contribution >= 4 is 45.8 Å². The van der Waals surface area contributed by atoms with E-state index in [0.29, 0.717) is 48.4 Å². The second-order valence-corrected chi connectivity index (χ2v) is 10.3. The van der Waals surface area contributed by atoms with E-state index in [1.807, 2.05) is 36.4 Å². The molecule has 198 valence electrons. The molecule has 8 nitrogen and oxygen atoms in total. The molecule has 0 spiro atoms. The third-order valence-corrected chi connectivity index (χ3v) is 8.03. The lowest BCUT2D eigenvalue weighted by molar-refractivity contribution is -0.139. The van der Waals surface area contributed by atoms with Crippen molar-refractivity contribution in [2.45, 2.75) is 19.9 Å². The Bertz CT molecular complexity index is 1870. The number of fused-ring (bicyclic) bond motifs is 3. The Balaban J connectivity index is 1.64. The van der Waals surface area contributed by atoms with E-state index in [1.165, 1.54) is 11.3 Å². The number of aromatic nitrogens is 1. The number of methoxy groups -OCH3 is 1. The lowest BCUT2D eigenvalue weighted by atomic mass is 9.90. The molecule has 1 atom stereocenters. The number of carbonyl (C=O) groups excluding carboxylic acids is 1. The molecule has 2 aliphatic rings. The fourth-order valence-electron chi connectivity index (χ4n) is 4.98. The standard InChI is InChI=1S/C29H23ClN2O6S/c1-4-36-28(34)24-15(2)31-29-32(26(24)25-18-8-6-5-7-16(18)9-10-20(25)35-3)27(33)23(39-29)12-17-11-21-22(13-19(17)30)38-14-37-21/h5-13,26H,4,14H2,1-3H3/b23-12+/t26-/m1/s1. The number of nitrogens with zero attached hydrogens (tertiary/aromatic N) is 2. The summed E-state index contributed by atoms with van der Waals surface area (Å²) in [5.41, 5.74) is 1.73. The number of benzene rings is 3. The third kappa shape index (κ3) is 4.18. The molecule has 0 saturated carbocycles. The first-order valence-corrected chi connectivity index (χ1v) is 13.4. The smallest absolute Gasteiger partial charge is 0.338 e. The van der Waals surface area contributed by atoms with Crippen molar-refractivity contribution in [3.63, 3.8) is 0 Å². The number of rotatable bonds is 5. The normalized spacial score (nSPS) is 16.3. The molecular formula is C29H23ClN2O6S. The Morgan fingerprint density at radius 3 is 2.74 bits per heavy atom. The van der Waals surface area contributed by atoms with E-state index in [2.05, 4.69) is 4.99 Å². The molecule has 4 aromatic rings. The summed E-state index contributed by atoms with van der Waals surface area (Å²) in [6.07, 6.45) is 1.70. The molecule has 0 bridgehead atoms. The van der Waals surface area contributed by atoms with Gasteiger partial charge in [-0.3, -0.25) is 9.36 Å². The molecule has 0 saturated heterocycles. The summed E-state index contributed by atoms with van der Waals surface area (Å²) in [4.78, 5) is 32.6. The van der Waals surface area contributed by atoms with Gasteiger partial charge in [-0.1, -0.05) is 53.3 Å². The van der Waals surface area contributed by atoms with Crippen LogP contribution in [0.3, 0.4) is 0 Å². The predicted molar refractivity (Wildman–Crippen MR) is 148 cm³/mol. The number of carbonyl (C=O) groups is 1. The summed E-state index contributed by atoms with van der Waals surface area (Å²) in [5, 5.41) is 2.22. The molecule has 1 aromatic heterocycles. The zero-order valence-electron chi connectivity index (χ0n) is 21.3. The van der Waals surface area contributed by atoms with Gasteiger partial charge in [0, 0.05) is 11.6 Å². The third-order valence-electron chi connectivity index (χ3n) is 6.72. The maximum Gasteiger partial charge on any atom is 0.338 e. The lowest BCUT2D eigenvalue weighted by Crippen LogP contribution is -2.40. The molecule has 10 heteroatoms. The van der Waals surface area contributed by atoms with Crippen LogP contribution in [0.4, 0.5) is 0 Å². The summed E-state index contributed by atoms with van der Waals surface area (Å²) in [7, 11) is 1.57. The molecule has 39 heavy (non-hydrogen) atoms. The van der Waals surface area contributed by atoms with E-state index in [-0.39, 0.29) is 24.5 Å². The number of thiazole rings is 1. The second-order valence-electron chi connectivity index (χ2n) is 8.93. The van der Waals surface area contributed by atoms with E-state index in [4.69, 9.17) is 30.5 Å². The molecule has 0 unspecified atom stereocenters. The van der Waals surface area contributed by atoms with Gasteiger partial charge in [0.25, 0.3) is 5.56 Å². The lowest BCUT2D eigenvalue weighted by Gasteiger charge is -2.27. The van der Waals surface area contributed by atoms with Crippen LogP contribution >= 0.6 is 22.9 Å². The first-order valence-electron chi connectivity index (χ1n) is 12.3. The van der Waals surface area contributed by atoms with Crippen molar-refractivity contribution in [1.82, 2.24) is 4.57 Å². The first kappa shape index (κ1) is 25.2. The summed E-state index contributed by atoms with van der Waals surface area (Å²) < 4.78 is 24.1. The maximum absolute atomic E-state index is 14.1. The van der Waals surface area contributed by atoms with Crippen LogP contribution in [0.25, 0.3) is 16.8 Å². The molecule has 0 radical (unpaired) electrons. The van der Waals surface area contributed by atoms with Crippen molar-refractivity contribution in [2.75, 3.05) is 20.5 Å². The van der Waals surface area contributed by atoms with Gasteiger partial charge in [-0.05, 0) is 48.4 Å². The number of hydrogen-bond donors (Lipinski definition) is 0. The average molecular weight is 563 g/mol. The van der Waals surface area contributed by atoms with E-state index in [9.17, 15) is 9.59 Å². The quantitative estimate of drug-likeness (QED) is 0.336. The van der Waals surface area contributed by atoms with Gasteiger partial charge in [-0.2, -0.15) is 0 Å². The first-order chi connectivity index (χ1) is 18.9. The maximum atomic E-state index is 14.1. The zero-order valence-corrected chi connectivity index (χ0v) is 22.9. The number of halogens is 1. The second kappa shape index (κ2) is 9.91. The Hall–Kier alpha value is -4.08. The Kier molecular flexibility index (Phi) is 6.40. The SMILES string of the molecule is CCOC(=O)C1=C(C)N=c2s/c(=C/c3cc4c(cc3Cl)OCO4)c(=O)n2[C@H]1c1c(OC)ccc2ccccc12. The molecule has 3 heterocycles. The fraction of sp³-hybridized carbons (Fsp3) is 0.207. The number of allylic oxidation sites excluding steroid dienone is 1. The molecule has 3 aromatic carbocycles. The van der Waals surface area contributed by atoms with Crippen LogP contribution in [-0.4, -0.2) is 31.0 Å². The molecule has 0 fully saturated rings. The summed E-state index contributed by atoms with van der Waals surface area (Å²) in [6, 6.07) is 14.2. The van der Waals surface area contributed by atoms with Crippen LogP contribution < -0.4 is 29.1 Å². The largest absolute Gasteiger partial charge is 0.496 e. The van der Waals surface area contributed by atoms with Gasteiger partial charge >= 0.3 is 5.97 Å². The van der Waals surface area contributed by atoms with Crippen LogP contribution in [0.5, 0.6) is 17.2 Å². The highest BCUT2D eigenvalue weighted by atomic mass is 35.5. The van der Waals surface area contributed by atoms with Gasteiger partial charge in [0.1, 0.15) is 11.8 Å². The van der Waals surface area contributed by atoms with Crippen molar-refractivity contribution in [3.05, 3.63) is 95.6 Å². The highest BCUT2D eigenvalue weighted by Gasteiger charge is 2.36. The van der Waals surface area contributed by atoms with Crippen molar-refractivity contribution in [2.24, 2.45) is 4.99 Å². The average Bonchev–Trinajstić information content (AvgIpc) is 3.50. The Morgan fingerprint density at radius 2 is 1.97 bits per heavy atom. The number of esters is 1. The highest BCUT2D eigenvalue weighted by Crippen LogP contribution is 2.40. The van der Waals surface area contributed by atoms with Crippen LogP contribution in [-0.2, 0) is 9.53 Å². The van der Waals surface area contributed by atoms with Crippen LogP contribution in [0.2, 0.25) is 5.02 Å². The minimum atomic E-state index is -0.823. The van der Waals surface area contributed by atoms with E-state index in [0.717, 1.165) is 10.8 Å². The fourth-order valence-corrected chi connectivity index (χ4v) is 6.23. The molecule has 2 aliphatic heterocycles. The van der Waals surface area contributed by atoms with Gasteiger partial charge in [0.05, 0.1) is 34.5 Å².